The average Bonchev–Trinajstić information content (AvgIpc) is 2.44. The molecule has 0 aromatic heterocycles. The van der Waals surface area contributed by atoms with Crippen LogP contribution in [0.1, 0.15) is 11.1 Å². The van der Waals surface area contributed by atoms with Gasteiger partial charge in [0.1, 0.15) is 0 Å². The fraction of sp³-hybridized carbons (Fsp3) is 0.188. The van der Waals surface area contributed by atoms with E-state index in [2.05, 4.69) is 5.32 Å². The molecule has 0 spiro atoms. The standard InChI is InChI=1S/C16H15Cl2NO2/c17-13-4-3-12(15(18)10-13)9-16(21)19-14-5-1-11(2-6-14)7-8-20/h1-6,10,20H,7-9H2,(H,19,21). The van der Waals surface area contributed by atoms with Gasteiger partial charge in [-0.05, 0) is 41.8 Å². The number of anilines is 1. The molecule has 0 aliphatic heterocycles. The summed E-state index contributed by atoms with van der Waals surface area (Å²) in [6, 6.07) is 12.4. The number of nitrogens with one attached hydrogen (secondary N) is 1. The molecule has 2 aromatic rings. The summed E-state index contributed by atoms with van der Waals surface area (Å²) in [5.74, 6) is -0.144. The van der Waals surface area contributed by atoms with E-state index in [4.69, 9.17) is 28.3 Å². The number of benzene rings is 2. The van der Waals surface area contributed by atoms with Crippen molar-refractivity contribution in [2.75, 3.05) is 11.9 Å². The quantitative estimate of drug-likeness (QED) is 0.881. The molecule has 0 fully saturated rings. The number of amides is 1. The maximum absolute atomic E-state index is 12.0. The van der Waals surface area contributed by atoms with Crippen molar-refractivity contribution in [1.82, 2.24) is 0 Å². The van der Waals surface area contributed by atoms with E-state index in [-0.39, 0.29) is 18.9 Å². The van der Waals surface area contributed by atoms with Gasteiger partial charge in [0.15, 0.2) is 0 Å². The van der Waals surface area contributed by atoms with Crippen molar-refractivity contribution in [2.45, 2.75) is 12.8 Å². The molecule has 0 aliphatic carbocycles. The minimum absolute atomic E-state index is 0.112. The molecule has 0 unspecified atom stereocenters. The summed E-state index contributed by atoms with van der Waals surface area (Å²) in [5.41, 5.74) is 2.47. The summed E-state index contributed by atoms with van der Waals surface area (Å²) in [6.45, 7) is 0.112. The number of halogens is 2. The van der Waals surface area contributed by atoms with E-state index in [9.17, 15) is 4.79 Å². The smallest absolute Gasteiger partial charge is 0.228 e. The molecule has 0 bridgehead atoms. The molecule has 2 N–H and O–H groups in total. The molecule has 0 atom stereocenters. The van der Waals surface area contributed by atoms with Gasteiger partial charge in [0.2, 0.25) is 5.91 Å². The second-order valence-corrected chi connectivity index (χ2v) is 5.47. The van der Waals surface area contributed by atoms with Crippen LogP contribution in [0.15, 0.2) is 42.5 Å². The monoisotopic (exact) mass is 323 g/mol. The predicted molar refractivity (Wildman–Crippen MR) is 86.0 cm³/mol. The zero-order chi connectivity index (χ0) is 15.2. The normalized spacial score (nSPS) is 10.4. The minimum Gasteiger partial charge on any atom is -0.396 e. The fourth-order valence-electron chi connectivity index (χ4n) is 1.93. The summed E-state index contributed by atoms with van der Waals surface area (Å²) in [5, 5.41) is 12.7. The number of rotatable bonds is 5. The number of carbonyl (C=O) groups is 1. The Kier molecular flexibility index (Phi) is 5.62. The Morgan fingerprint density at radius 1 is 1.10 bits per heavy atom. The summed E-state index contributed by atoms with van der Waals surface area (Å²) in [4.78, 5) is 12.0. The van der Waals surface area contributed by atoms with Crippen LogP contribution in [0, 0.1) is 0 Å². The van der Waals surface area contributed by atoms with Crippen molar-refractivity contribution < 1.29 is 9.90 Å². The van der Waals surface area contributed by atoms with Gasteiger partial charge in [-0.2, -0.15) is 0 Å². The molecule has 21 heavy (non-hydrogen) atoms. The molecule has 3 nitrogen and oxygen atoms in total. The first-order valence-corrected chi connectivity index (χ1v) is 7.27. The van der Waals surface area contributed by atoms with Crippen LogP contribution in [0.2, 0.25) is 10.0 Å². The van der Waals surface area contributed by atoms with E-state index in [0.29, 0.717) is 22.2 Å². The van der Waals surface area contributed by atoms with Crippen LogP contribution in [0.3, 0.4) is 0 Å². The van der Waals surface area contributed by atoms with Crippen LogP contribution >= 0.6 is 23.2 Å². The third kappa shape index (κ3) is 4.74. The highest BCUT2D eigenvalue weighted by atomic mass is 35.5. The second-order valence-electron chi connectivity index (χ2n) is 4.63. The van der Waals surface area contributed by atoms with Gasteiger partial charge in [-0.25, -0.2) is 0 Å². The average molecular weight is 324 g/mol. The summed E-state index contributed by atoms with van der Waals surface area (Å²) in [6.07, 6.45) is 0.795. The molecular weight excluding hydrogens is 309 g/mol. The predicted octanol–water partition coefficient (Wildman–Crippen LogP) is 3.71. The first kappa shape index (κ1) is 15.8. The van der Waals surface area contributed by atoms with Gasteiger partial charge < -0.3 is 10.4 Å². The molecule has 1 amide bonds. The summed E-state index contributed by atoms with van der Waals surface area (Å²) < 4.78 is 0. The zero-order valence-corrected chi connectivity index (χ0v) is 12.8. The number of carbonyl (C=O) groups excluding carboxylic acids is 1. The Morgan fingerprint density at radius 2 is 1.81 bits per heavy atom. The Hall–Kier alpha value is -1.55. The van der Waals surface area contributed by atoms with Crippen LogP contribution in [-0.4, -0.2) is 17.6 Å². The van der Waals surface area contributed by atoms with Gasteiger partial charge in [-0.3, -0.25) is 4.79 Å². The second kappa shape index (κ2) is 7.46. The lowest BCUT2D eigenvalue weighted by atomic mass is 10.1. The largest absolute Gasteiger partial charge is 0.396 e. The van der Waals surface area contributed by atoms with Gasteiger partial charge in [-0.1, -0.05) is 41.4 Å². The number of hydrogen-bond donors (Lipinski definition) is 2. The highest BCUT2D eigenvalue weighted by Gasteiger charge is 2.08. The van der Waals surface area contributed by atoms with Crippen molar-refractivity contribution in [3.05, 3.63) is 63.6 Å². The summed E-state index contributed by atoms with van der Waals surface area (Å²) in [7, 11) is 0. The third-order valence-corrected chi connectivity index (χ3v) is 3.59. The lowest BCUT2D eigenvalue weighted by Crippen LogP contribution is -2.14. The Balaban J connectivity index is 1.98. The molecule has 2 rings (SSSR count). The van der Waals surface area contributed by atoms with Crippen molar-refractivity contribution >= 4 is 34.8 Å². The fourth-order valence-corrected chi connectivity index (χ4v) is 2.40. The molecule has 0 radical (unpaired) electrons. The van der Waals surface area contributed by atoms with E-state index in [1.807, 2.05) is 24.3 Å². The van der Waals surface area contributed by atoms with Gasteiger partial charge in [-0.15, -0.1) is 0 Å². The van der Waals surface area contributed by atoms with Crippen molar-refractivity contribution in [2.24, 2.45) is 0 Å². The molecule has 5 heteroatoms. The van der Waals surface area contributed by atoms with Gasteiger partial charge in [0.25, 0.3) is 0 Å². The highest BCUT2D eigenvalue weighted by Crippen LogP contribution is 2.21. The maximum atomic E-state index is 12.0. The first-order chi connectivity index (χ1) is 10.1. The SMILES string of the molecule is O=C(Cc1ccc(Cl)cc1Cl)Nc1ccc(CCO)cc1. The van der Waals surface area contributed by atoms with Crippen molar-refractivity contribution in [3.8, 4) is 0 Å². The molecular formula is C16H15Cl2NO2. The first-order valence-electron chi connectivity index (χ1n) is 6.52. The topological polar surface area (TPSA) is 49.3 Å². The number of aliphatic hydroxyl groups is 1. The molecule has 0 saturated carbocycles. The minimum atomic E-state index is -0.144. The van der Waals surface area contributed by atoms with E-state index in [0.717, 1.165) is 11.1 Å². The zero-order valence-electron chi connectivity index (χ0n) is 11.3. The third-order valence-electron chi connectivity index (χ3n) is 3.00. The Bertz CT molecular complexity index is 627. The lowest BCUT2D eigenvalue weighted by molar-refractivity contribution is -0.115. The molecule has 0 aliphatic rings. The molecule has 0 heterocycles. The Morgan fingerprint density at radius 3 is 2.43 bits per heavy atom. The van der Waals surface area contributed by atoms with Crippen LogP contribution < -0.4 is 5.32 Å². The van der Waals surface area contributed by atoms with Gasteiger partial charge in [0, 0.05) is 22.3 Å². The Labute approximate surface area is 133 Å². The van der Waals surface area contributed by atoms with Crippen molar-refractivity contribution in [3.63, 3.8) is 0 Å². The van der Waals surface area contributed by atoms with Crippen LogP contribution in [0.5, 0.6) is 0 Å². The van der Waals surface area contributed by atoms with E-state index >= 15 is 0 Å². The van der Waals surface area contributed by atoms with E-state index in [1.54, 1.807) is 18.2 Å². The number of aliphatic hydroxyl groups excluding tert-OH is 1. The number of hydrogen-bond acceptors (Lipinski definition) is 2. The molecule has 110 valence electrons. The summed E-state index contributed by atoms with van der Waals surface area (Å²) >= 11 is 11.9. The maximum Gasteiger partial charge on any atom is 0.228 e. The van der Waals surface area contributed by atoms with Gasteiger partial charge in [0.05, 0.1) is 6.42 Å². The highest BCUT2D eigenvalue weighted by molar-refractivity contribution is 6.35. The van der Waals surface area contributed by atoms with Crippen LogP contribution in [0.25, 0.3) is 0 Å². The molecule has 2 aromatic carbocycles. The van der Waals surface area contributed by atoms with Crippen LogP contribution in [-0.2, 0) is 17.6 Å². The lowest BCUT2D eigenvalue weighted by Gasteiger charge is -2.08. The van der Waals surface area contributed by atoms with Crippen LogP contribution in [0.4, 0.5) is 5.69 Å². The van der Waals surface area contributed by atoms with Gasteiger partial charge >= 0.3 is 0 Å². The van der Waals surface area contributed by atoms with Crippen molar-refractivity contribution in [1.29, 1.82) is 0 Å². The van der Waals surface area contributed by atoms with E-state index < -0.39 is 0 Å². The van der Waals surface area contributed by atoms with E-state index in [1.165, 1.54) is 0 Å². The molecule has 0 saturated heterocycles.